The van der Waals surface area contributed by atoms with Crippen LogP contribution in [-0.2, 0) is 0 Å². The minimum Gasteiger partial charge on any atom is -0.454 e. The number of hydrogen-bond donors (Lipinski definition) is 0. The van der Waals surface area contributed by atoms with E-state index in [0.717, 1.165) is 44.2 Å². The minimum atomic E-state index is 0.906. The van der Waals surface area contributed by atoms with Crippen LogP contribution in [0, 0.1) is 0 Å². The number of fused-ring (bicyclic) bond motifs is 10. The molecule has 0 fully saturated rings. The zero-order valence-electron chi connectivity index (χ0n) is 27.6. The molecule has 0 spiro atoms. The molecule has 0 saturated heterocycles. The lowest BCUT2D eigenvalue weighted by Crippen LogP contribution is -2.01. The van der Waals surface area contributed by atoms with Crippen molar-refractivity contribution < 1.29 is 4.42 Å². The SMILES string of the molecule is c1ccc(-c2cccc(-c3ccc(-n4c5ccccc5c5ccc6c7ccccc7oc6c54)cc3)c2-n2c3ccccc3c3ccccc32)cc1. The molecule has 3 aromatic heterocycles. The van der Waals surface area contributed by atoms with Crippen molar-refractivity contribution in [1.29, 1.82) is 0 Å². The molecule has 3 heteroatoms. The van der Waals surface area contributed by atoms with E-state index < -0.39 is 0 Å². The minimum absolute atomic E-state index is 0.906. The van der Waals surface area contributed by atoms with Gasteiger partial charge in [0.2, 0.25) is 0 Å². The van der Waals surface area contributed by atoms with Crippen LogP contribution in [0.1, 0.15) is 0 Å². The highest BCUT2D eigenvalue weighted by atomic mass is 16.3. The molecule has 0 radical (unpaired) electrons. The van der Waals surface area contributed by atoms with Gasteiger partial charge in [-0.15, -0.1) is 0 Å². The summed E-state index contributed by atoms with van der Waals surface area (Å²) in [5.74, 6) is 0. The van der Waals surface area contributed by atoms with Crippen LogP contribution in [0.5, 0.6) is 0 Å². The van der Waals surface area contributed by atoms with Crippen LogP contribution in [0.4, 0.5) is 0 Å². The summed E-state index contributed by atoms with van der Waals surface area (Å²) in [5, 5.41) is 7.17. The molecule has 0 unspecified atom stereocenters. The van der Waals surface area contributed by atoms with E-state index in [-0.39, 0.29) is 0 Å². The second kappa shape index (κ2) is 10.8. The first-order valence-electron chi connectivity index (χ1n) is 17.4. The Bertz CT molecular complexity index is 3070. The van der Waals surface area contributed by atoms with E-state index in [1.165, 1.54) is 55.0 Å². The van der Waals surface area contributed by atoms with Crippen molar-refractivity contribution >= 4 is 65.6 Å². The Kier molecular flexibility index (Phi) is 5.96. The maximum atomic E-state index is 6.61. The van der Waals surface area contributed by atoms with Crippen LogP contribution in [0.25, 0.3) is 99.2 Å². The first-order chi connectivity index (χ1) is 25.3. The van der Waals surface area contributed by atoms with E-state index in [1.807, 2.05) is 6.07 Å². The highest BCUT2D eigenvalue weighted by Gasteiger charge is 2.21. The number of rotatable bonds is 4. The van der Waals surface area contributed by atoms with Gasteiger partial charge in [0.25, 0.3) is 0 Å². The van der Waals surface area contributed by atoms with Gasteiger partial charge in [-0.25, -0.2) is 0 Å². The van der Waals surface area contributed by atoms with Crippen molar-refractivity contribution in [3.8, 4) is 33.6 Å². The van der Waals surface area contributed by atoms with Gasteiger partial charge in [0.1, 0.15) is 5.58 Å². The van der Waals surface area contributed by atoms with E-state index in [0.29, 0.717) is 0 Å². The second-order valence-electron chi connectivity index (χ2n) is 13.3. The molecule has 8 aromatic carbocycles. The maximum absolute atomic E-state index is 6.61. The Labute approximate surface area is 293 Å². The third-order valence-corrected chi connectivity index (χ3v) is 10.5. The Morgan fingerprint density at radius 2 is 0.843 bits per heavy atom. The molecule has 0 aliphatic rings. The second-order valence-corrected chi connectivity index (χ2v) is 13.3. The van der Waals surface area contributed by atoms with Gasteiger partial charge in [0.05, 0.1) is 27.8 Å². The summed E-state index contributed by atoms with van der Waals surface area (Å²) in [6.45, 7) is 0. The number of benzene rings is 8. The Hall–Kier alpha value is -6.84. The van der Waals surface area contributed by atoms with Crippen molar-refractivity contribution in [3.63, 3.8) is 0 Å². The van der Waals surface area contributed by atoms with Crippen LogP contribution in [0.15, 0.2) is 186 Å². The monoisotopic (exact) mass is 650 g/mol. The quantitative estimate of drug-likeness (QED) is 0.186. The summed E-state index contributed by atoms with van der Waals surface area (Å²) in [4.78, 5) is 0. The molecule has 0 N–H and O–H groups in total. The summed E-state index contributed by atoms with van der Waals surface area (Å²) >= 11 is 0. The first kappa shape index (κ1) is 28.0. The molecule has 11 aromatic rings. The number of hydrogen-bond acceptors (Lipinski definition) is 1. The van der Waals surface area contributed by atoms with Crippen LogP contribution in [0.2, 0.25) is 0 Å². The van der Waals surface area contributed by atoms with Crippen LogP contribution < -0.4 is 0 Å². The van der Waals surface area contributed by atoms with Crippen LogP contribution in [0.3, 0.4) is 0 Å². The van der Waals surface area contributed by atoms with Crippen molar-refractivity contribution in [2.75, 3.05) is 0 Å². The largest absolute Gasteiger partial charge is 0.454 e. The molecule has 3 nitrogen and oxygen atoms in total. The van der Waals surface area contributed by atoms with Crippen LogP contribution >= 0.6 is 0 Å². The summed E-state index contributed by atoms with van der Waals surface area (Å²) in [6.07, 6.45) is 0. The molecule has 0 atom stereocenters. The molecular formula is C48H30N2O. The summed E-state index contributed by atoms with van der Waals surface area (Å²) in [7, 11) is 0. The average Bonchev–Trinajstić information content (AvgIpc) is 3.86. The van der Waals surface area contributed by atoms with E-state index in [2.05, 4.69) is 185 Å². The van der Waals surface area contributed by atoms with Gasteiger partial charge in [-0.05, 0) is 53.6 Å². The van der Waals surface area contributed by atoms with Crippen molar-refractivity contribution in [2.24, 2.45) is 0 Å². The molecule has 238 valence electrons. The summed E-state index contributed by atoms with van der Waals surface area (Å²) in [6, 6.07) is 65.5. The Balaban J connectivity index is 1.17. The predicted molar refractivity (Wildman–Crippen MR) is 213 cm³/mol. The number of aromatic nitrogens is 2. The number of para-hydroxylation sites is 5. The molecule has 0 bridgehead atoms. The molecule has 0 aliphatic heterocycles. The van der Waals surface area contributed by atoms with E-state index >= 15 is 0 Å². The molecule has 0 aliphatic carbocycles. The molecule has 3 heterocycles. The van der Waals surface area contributed by atoms with E-state index in [9.17, 15) is 0 Å². The lowest BCUT2D eigenvalue weighted by atomic mass is 9.95. The molecule has 11 rings (SSSR count). The fourth-order valence-corrected chi connectivity index (χ4v) is 8.32. The van der Waals surface area contributed by atoms with Gasteiger partial charge in [0, 0.05) is 49.1 Å². The van der Waals surface area contributed by atoms with E-state index in [1.54, 1.807) is 0 Å². The predicted octanol–water partition coefficient (Wildman–Crippen LogP) is 13.1. The van der Waals surface area contributed by atoms with Crippen molar-refractivity contribution in [2.45, 2.75) is 0 Å². The Morgan fingerprint density at radius 1 is 0.333 bits per heavy atom. The van der Waals surface area contributed by atoms with Gasteiger partial charge in [-0.1, -0.05) is 140 Å². The smallest absolute Gasteiger partial charge is 0.160 e. The van der Waals surface area contributed by atoms with Crippen molar-refractivity contribution in [3.05, 3.63) is 182 Å². The third-order valence-electron chi connectivity index (χ3n) is 10.5. The number of nitrogens with zero attached hydrogens (tertiary/aromatic N) is 2. The lowest BCUT2D eigenvalue weighted by Gasteiger charge is -2.19. The third kappa shape index (κ3) is 4.06. The van der Waals surface area contributed by atoms with Gasteiger partial charge in [-0.2, -0.15) is 0 Å². The van der Waals surface area contributed by atoms with Crippen LogP contribution in [-0.4, -0.2) is 9.13 Å². The fraction of sp³-hybridized carbons (Fsp3) is 0. The lowest BCUT2D eigenvalue weighted by molar-refractivity contribution is 0.671. The first-order valence-corrected chi connectivity index (χ1v) is 17.4. The van der Waals surface area contributed by atoms with Crippen molar-refractivity contribution in [1.82, 2.24) is 9.13 Å². The van der Waals surface area contributed by atoms with E-state index in [4.69, 9.17) is 4.42 Å². The zero-order chi connectivity index (χ0) is 33.5. The standard InChI is InChI=1S/C48H30N2O/c1-2-13-31(14-3-1)34-19-12-20-35(46(34)50-43-22-9-4-15-36(43)37-16-5-10-23-44(37)50)32-25-27-33(28-26-32)49-42-21-8-6-17-38(42)40-29-30-41-39-18-7-11-24-45(39)51-48(41)47(40)49/h1-30H. The molecule has 0 amide bonds. The summed E-state index contributed by atoms with van der Waals surface area (Å²) in [5.41, 5.74) is 13.4. The van der Waals surface area contributed by atoms with Gasteiger partial charge >= 0.3 is 0 Å². The molecule has 0 saturated carbocycles. The van der Waals surface area contributed by atoms with Gasteiger partial charge in [-0.3, -0.25) is 0 Å². The average molecular weight is 651 g/mol. The van der Waals surface area contributed by atoms with Gasteiger partial charge < -0.3 is 13.6 Å². The topological polar surface area (TPSA) is 23.0 Å². The maximum Gasteiger partial charge on any atom is 0.160 e. The fourth-order valence-electron chi connectivity index (χ4n) is 8.32. The normalized spacial score (nSPS) is 11.9. The zero-order valence-corrected chi connectivity index (χ0v) is 27.6. The number of furan rings is 1. The Morgan fingerprint density at radius 3 is 1.51 bits per heavy atom. The highest BCUT2D eigenvalue weighted by Crippen LogP contribution is 2.43. The van der Waals surface area contributed by atoms with Gasteiger partial charge in [0.15, 0.2) is 5.58 Å². The molecule has 51 heavy (non-hydrogen) atoms. The molecular weight excluding hydrogens is 621 g/mol. The highest BCUT2D eigenvalue weighted by molar-refractivity contribution is 6.21. The summed E-state index contributed by atoms with van der Waals surface area (Å²) < 4.78 is 11.4.